The van der Waals surface area contributed by atoms with Gasteiger partial charge in [-0.05, 0) is 41.0 Å². The van der Waals surface area contributed by atoms with Crippen LogP contribution in [-0.2, 0) is 29.0 Å². The van der Waals surface area contributed by atoms with E-state index in [-0.39, 0.29) is 30.5 Å². The molecule has 0 aliphatic rings. The topological polar surface area (TPSA) is 67.4 Å². The zero-order valence-electron chi connectivity index (χ0n) is 17.3. The molecule has 31 heavy (non-hydrogen) atoms. The average molecular weight is 420 g/mol. The molecule has 1 unspecified atom stereocenters. The normalized spacial score (nSPS) is 11.4. The molecule has 0 fully saturated rings. The molecule has 0 saturated heterocycles. The van der Waals surface area contributed by atoms with Crippen molar-refractivity contribution in [2.45, 2.75) is 25.4 Å². The molecule has 0 aliphatic heterocycles. The van der Waals surface area contributed by atoms with Crippen molar-refractivity contribution in [3.8, 4) is 5.75 Å². The number of nitrogens with one attached hydrogen (secondary N) is 2. The van der Waals surface area contributed by atoms with Crippen molar-refractivity contribution in [1.29, 1.82) is 0 Å². The van der Waals surface area contributed by atoms with Crippen LogP contribution in [0, 0.1) is 5.82 Å². The smallest absolute Gasteiger partial charge is 0.243 e. The van der Waals surface area contributed by atoms with Gasteiger partial charge in [0.1, 0.15) is 17.6 Å². The minimum absolute atomic E-state index is 0.135. The van der Waals surface area contributed by atoms with E-state index in [0.29, 0.717) is 12.3 Å². The summed E-state index contributed by atoms with van der Waals surface area (Å²) in [6.07, 6.45) is 0.394. The second-order valence-electron chi connectivity index (χ2n) is 7.18. The molecule has 0 saturated carbocycles. The van der Waals surface area contributed by atoms with Crippen LogP contribution in [0.4, 0.5) is 4.39 Å². The lowest BCUT2D eigenvalue weighted by molar-refractivity contribution is -0.128. The van der Waals surface area contributed by atoms with E-state index in [1.165, 1.54) is 12.1 Å². The summed E-state index contributed by atoms with van der Waals surface area (Å²) in [5.41, 5.74) is 2.52. The lowest BCUT2D eigenvalue weighted by atomic mass is 10.0. The minimum Gasteiger partial charge on any atom is -0.497 e. The maximum absolute atomic E-state index is 13.2. The lowest BCUT2D eigenvalue weighted by Gasteiger charge is -2.19. The Kier molecular flexibility index (Phi) is 7.76. The monoisotopic (exact) mass is 420 g/mol. The highest BCUT2D eigenvalue weighted by atomic mass is 19.1. The van der Waals surface area contributed by atoms with E-state index in [1.54, 1.807) is 31.4 Å². The van der Waals surface area contributed by atoms with Gasteiger partial charge in [0.25, 0.3) is 0 Å². The number of rotatable bonds is 9. The van der Waals surface area contributed by atoms with Gasteiger partial charge in [-0.3, -0.25) is 9.59 Å². The first-order valence-corrected chi connectivity index (χ1v) is 10.0. The summed E-state index contributed by atoms with van der Waals surface area (Å²) in [6.45, 7) is 0.355. The summed E-state index contributed by atoms with van der Waals surface area (Å²) >= 11 is 0. The summed E-state index contributed by atoms with van der Waals surface area (Å²) in [4.78, 5) is 25.5. The third-order valence-corrected chi connectivity index (χ3v) is 4.84. The van der Waals surface area contributed by atoms with Crippen LogP contribution >= 0.6 is 0 Å². The Morgan fingerprint density at radius 2 is 1.52 bits per heavy atom. The number of carbonyl (C=O) groups is 2. The number of amides is 2. The number of ether oxygens (including phenoxy) is 1. The van der Waals surface area contributed by atoms with Crippen molar-refractivity contribution in [3.63, 3.8) is 0 Å². The summed E-state index contributed by atoms with van der Waals surface area (Å²) < 4.78 is 18.4. The van der Waals surface area contributed by atoms with Gasteiger partial charge in [0, 0.05) is 13.0 Å². The zero-order valence-corrected chi connectivity index (χ0v) is 17.3. The highest BCUT2D eigenvalue weighted by Gasteiger charge is 2.21. The van der Waals surface area contributed by atoms with E-state index < -0.39 is 6.04 Å². The van der Waals surface area contributed by atoms with Crippen LogP contribution in [0.1, 0.15) is 16.7 Å². The first-order chi connectivity index (χ1) is 15.0. The predicted molar refractivity (Wildman–Crippen MR) is 117 cm³/mol. The molecule has 0 heterocycles. The van der Waals surface area contributed by atoms with Crippen molar-refractivity contribution in [3.05, 3.63) is 101 Å². The van der Waals surface area contributed by atoms with Crippen LogP contribution in [0.5, 0.6) is 5.75 Å². The molecule has 160 valence electrons. The molecular formula is C25H25FN2O3. The molecule has 3 aromatic rings. The fourth-order valence-corrected chi connectivity index (χ4v) is 3.15. The number of methoxy groups -OCH3 is 1. The molecule has 3 aromatic carbocycles. The Balaban J connectivity index is 1.66. The Hall–Kier alpha value is -3.67. The summed E-state index contributed by atoms with van der Waals surface area (Å²) in [5, 5.41) is 5.69. The second-order valence-corrected chi connectivity index (χ2v) is 7.18. The highest BCUT2D eigenvalue weighted by Crippen LogP contribution is 2.12. The third-order valence-electron chi connectivity index (χ3n) is 4.84. The number of benzene rings is 3. The fraction of sp³-hybridized carbons (Fsp3) is 0.200. The molecule has 5 nitrogen and oxygen atoms in total. The molecule has 0 radical (unpaired) electrons. The standard InChI is InChI=1S/C25H25FN2O3/c1-31-22-13-9-19(10-14-22)16-24(29)28-23(15-18-7-11-21(26)12-8-18)25(30)27-17-20-5-3-2-4-6-20/h2-14,23H,15-17H2,1H3,(H,27,30)(H,28,29). The molecular weight excluding hydrogens is 395 g/mol. The van der Waals surface area contributed by atoms with E-state index in [9.17, 15) is 14.0 Å². The number of hydrogen-bond donors (Lipinski definition) is 2. The van der Waals surface area contributed by atoms with Gasteiger partial charge in [0.2, 0.25) is 11.8 Å². The largest absolute Gasteiger partial charge is 0.497 e. The summed E-state index contributed by atoms with van der Waals surface area (Å²) in [7, 11) is 1.58. The molecule has 0 bridgehead atoms. The number of halogens is 1. The van der Waals surface area contributed by atoms with Crippen molar-refractivity contribution in [2.24, 2.45) is 0 Å². The van der Waals surface area contributed by atoms with Crippen LogP contribution in [0.2, 0.25) is 0 Å². The van der Waals surface area contributed by atoms with E-state index in [4.69, 9.17) is 4.74 Å². The molecule has 3 rings (SSSR count). The van der Waals surface area contributed by atoms with E-state index in [0.717, 1.165) is 16.7 Å². The van der Waals surface area contributed by atoms with Crippen molar-refractivity contribution >= 4 is 11.8 Å². The van der Waals surface area contributed by atoms with Crippen molar-refractivity contribution < 1.29 is 18.7 Å². The summed E-state index contributed by atoms with van der Waals surface area (Å²) in [5.74, 6) is -0.209. The molecule has 6 heteroatoms. The van der Waals surface area contributed by atoms with Crippen molar-refractivity contribution in [1.82, 2.24) is 10.6 Å². The SMILES string of the molecule is COc1ccc(CC(=O)NC(Cc2ccc(F)cc2)C(=O)NCc2ccccc2)cc1. The van der Waals surface area contributed by atoms with Gasteiger partial charge < -0.3 is 15.4 Å². The fourth-order valence-electron chi connectivity index (χ4n) is 3.15. The first kappa shape index (κ1) is 22.0. The number of hydrogen-bond acceptors (Lipinski definition) is 3. The first-order valence-electron chi connectivity index (χ1n) is 10.0. The van der Waals surface area contributed by atoms with Crippen LogP contribution < -0.4 is 15.4 Å². The van der Waals surface area contributed by atoms with E-state index in [1.807, 2.05) is 42.5 Å². The van der Waals surface area contributed by atoms with Crippen LogP contribution in [0.25, 0.3) is 0 Å². The van der Waals surface area contributed by atoms with Crippen LogP contribution in [0.3, 0.4) is 0 Å². The lowest BCUT2D eigenvalue weighted by Crippen LogP contribution is -2.48. The van der Waals surface area contributed by atoms with Gasteiger partial charge in [0.05, 0.1) is 13.5 Å². The third kappa shape index (κ3) is 6.96. The average Bonchev–Trinajstić information content (AvgIpc) is 2.79. The maximum atomic E-state index is 13.2. The summed E-state index contributed by atoms with van der Waals surface area (Å²) in [6, 6.07) is 21.8. The minimum atomic E-state index is -0.778. The zero-order chi connectivity index (χ0) is 22.1. The molecule has 1 atom stereocenters. The van der Waals surface area contributed by atoms with Gasteiger partial charge >= 0.3 is 0 Å². The second kappa shape index (κ2) is 10.9. The van der Waals surface area contributed by atoms with Crippen molar-refractivity contribution in [2.75, 3.05) is 7.11 Å². The quantitative estimate of drug-likeness (QED) is 0.557. The Bertz CT molecular complexity index is 990. The molecule has 0 aromatic heterocycles. The Morgan fingerprint density at radius 3 is 2.16 bits per heavy atom. The maximum Gasteiger partial charge on any atom is 0.243 e. The number of carbonyl (C=O) groups excluding carboxylic acids is 2. The molecule has 2 amide bonds. The van der Waals surface area contributed by atoms with Crippen LogP contribution in [0.15, 0.2) is 78.9 Å². The van der Waals surface area contributed by atoms with Gasteiger partial charge in [-0.15, -0.1) is 0 Å². The Labute approximate surface area is 181 Å². The van der Waals surface area contributed by atoms with Crippen LogP contribution in [-0.4, -0.2) is 25.0 Å². The predicted octanol–water partition coefficient (Wildman–Crippen LogP) is 3.42. The van der Waals surface area contributed by atoms with E-state index in [2.05, 4.69) is 10.6 Å². The Morgan fingerprint density at radius 1 is 0.871 bits per heavy atom. The van der Waals surface area contributed by atoms with Gasteiger partial charge in [-0.2, -0.15) is 0 Å². The van der Waals surface area contributed by atoms with E-state index >= 15 is 0 Å². The molecule has 0 aliphatic carbocycles. The van der Waals surface area contributed by atoms with Gasteiger partial charge in [-0.1, -0.05) is 54.6 Å². The highest BCUT2D eigenvalue weighted by molar-refractivity contribution is 5.88. The molecule has 2 N–H and O–H groups in total. The molecule has 0 spiro atoms. The van der Waals surface area contributed by atoms with Gasteiger partial charge in [0.15, 0.2) is 0 Å². The van der Waals surface area contributed by atoms with Gasteiger partial charge in [-0.25, -0.2) is 4.39 Å².